The van der Waals surface area contributed by atoms with E-state index in [-0.39, 0.29) is 11.8 Å². The van der Waals surface area contributed by atoms with E-state index in [0.717, 1.165) is 54.2 Å². The molecule has 24 heavy (non-hydrogen) atoms. The summed E-state index contributed by atoms with van der Waals surface area (Å²) in [6.07, 6.45) is 2.09. The molecule has 1 atom stereocenters. The molecule has 0 spiro atoms. The number of nitrogens with zero attached hydrogens (tertiary/aromatic N) is 4. The molecular weight excluding hydrogens is 304 g/mol. The molecule has 2 N–H and O–H groups in total. The van der Waals surface area contributed by atoms with Crippen molar-refractivity contribution in [1.82, 2.24) is 20.7 Å². The lowest BCUT2D eigenvalue weighted by atomic mass is 9.93. The molecule has 1 amide bonds. The number of aromatic nitrogens is 2. The molecule has 2 aromatic rings. The molecule has 1 fully saturated rings. The van der Waals surface area contributed by atoms with Gasteiger partial charge in [-0.25, -0.2) is 15.4 Å². The van der Waals surface area contributed by atoms with Crippen molar-refractivity contribution in [2.24, 2.45) is 11.0 Å². The first-order chi connectivity index (χ1) is 11.7. The Morgan fingerprint density at radius 1 is 1.21 bits per heavy atom. The topological polar surface area (TPSA) is 82.5 Å². The monoisotopic (exact) mass is 324 g/mol. The highest BCUT2D eigenvalue weighted by Crippen LogP contribution is 2.26. The number of amides is 1. The zero-order chi connectivity index (χ0) is 16.5. The molecular formula is C17H20N6O. The second kappa shape index (κ2) is 6.16. The maximum Gasteiger partial charge on any atom is 0.240 e. The molecule has 1 unspecified atom stereocenters. The molecule has 0 bridgehead atoms. The third kappa shape index (κ3) is 2.71. The molecule has 0 aliphatic carbocycles. The number of rotatable bonds is 2. The van der Waals surface area contributed by atoms with Crippen molar-refractivity contribution in [3.05, 3.63) is 30.1 Å². The highest BCUT2D eigenvalue weighted by molar-refractivity contribution is 6.07. The standard InChI is InChI=1S/C17H20N6O/c1-11-8-15(24)21-22-16(11)12-2-3-13-14(9-12)19-10-20-17(13)23-6-4-18-5-7-23/h2-3,9-11,18H,4-8H2,1H3,(H,21,24). The third-order valence-corrected chi connectivity index (χ3v) is 4.59. The van der Waals surface area contributed by atoms with E-state index in [9.17, 15) is 4.79 Å². The van der Waals surface area contributed by atoms with Gasteiger partial charge in [0, 0.05) is 49.5 Å². The normalized spacial score (nSPS) is 21.5. The van der Waals surface area contributed by atoms with E-state index in [2.05, 4.69) is 36.8 Å². The molecule has 1 saturated heterocycles. The minimum atomic E-state index is -0.0321. The van der Waals surface area contributed by atoms with Crippen LogP contribution in [0.1, 0.15) is 18.9 Å². The second-order valence-corrected chi connectivity index (χ2v) is 6.30. The molecule has 3 heterocycles. The second-order valence-electron chi connectivity index (χ2n) is 6.30. The highest BCUT2D eigenvalue weighted by atomic mass is 16.2. The van der Waals surface area contributed by atoms with Crippen molar-refractivity contribution in [2.75, 3.05) is 31.1 Å². The molecule has 124 valence electrons. The zero-order valence-electron chi connectivity index (χ0n) is 13.6. The van der Waals surface area contributed by atoms with Crippen LogP contribution >= 0.6 is 0 Å². The SMILES string of the molecule is CC1CC(=O)NN=C1c1ccc2c(N3CCNCC3)ncnc2c1. The Morgan fingerprint density at radius 3 is 2.83 bits per heavy atom. The summed E-state index contributed by atoms with van der Waals surface area (Å²) in [7, 11) is 0. The Morgan fingerprint density at radius 2 is 2.04 bits per heavy atom. The minimum Gasteiger partial charge on any atom is -0.353 e. The van der Waals surface area contributed by atoms with Crippen LogP contribution in [0.3, 0.4) is 0 Å². The molecule has 7 nitrogen and oxygen atoms in total. The van der Waals surface area contributed by atoms with E-state index < -0.39 is 0 Å². The first-order valence-corrected chi connectivity index (χ1v) is 8.29. The van der Waals surface area contributed by atoms with Gasteiger partial charge in [0.1, 0.15) is 12.1 Å². The van der Waals surface area contributed by atoms with Gasteiger partial charge >= 0.3 is 0 Å². The summed E-state index contributed by atoms with van der Waals surface area (Å²) in [5, 5.41) is 8.65. The van der Waals surface area contributed by atoms with Crippen LogP contribution in [-0.2, 0) is 4.79 Å². The van der Waals surface area contributed by atoms with Gasteiger partial charge in [0.05, 0.1) is 11.2 Å². The first-order valence-electron chi connectivity index (χ1n) is 8.29. The maximum absolute atomic E-state index is 11.4. The van der Waals surface area contributed by atoms with Crippen LogP contribution in [0.25, 0.3) is 10.9 Å². The maximum atomic E-state index is 11.4. The summed E-state index contributed by atoms with van der Waals surface area (Å²) in [4.78, 5) is 22.7. The summed E-state index contributed by atoms with van der Waals surface area (Å²) in [6.45, 7) is 5.86. The summed E-state index contributed by atoms with van der Waals surface area (Å²) in [6, 6.07) is 6.15. The predicted octanol–water partition coefficient (Wildman–Crippen LogP) is 0.899. The lowest BCUT2D eigenvalue weighted by molar-refractivity contribution is -0.121. The Labute approximate surface area is 140 Å². The smallest absolute Gasteiger partial charge is 0.240 e. The van der Waals surface area contributed by atoms with Gasteiger partial charge in [-0.3, -0.25) is 4.79 Å². The number of fused-ring (bicyclic) bond motifs is 1. The van der Waals surface area contributed by atoms with Crippen LogP contribution in [0.4, 0.5) is 5.82 Å². The predicted molar refractivity (Wildman–Crippen MR) is 93.1 cm³/mol. The number of piperazine rings is 1. The van der Waals surface area contributed by atoms with Crippen molar-refractivity contribution >= 4 is 28.3 Å². The van der Waals surface area contributed by atoms with Crippen LogP contribution in [0, 0.1) is 5.92 Å². The van der Waals surface area contributed by atoms with Gasteiger partial charge in [0.2, 0.25) is 5.91 Å². The van der Waals surface area contributed by atoms with Crippen molar-refractivity contribution in [3.8, 4) is 0 Å². The van der Waals surface area contributed by atoms with E-state index in [0.29, 0.717) is 6.42 Å². The van der Waals surface area contributed by atoms with Gasteiger partial charge in [-0.1, -0.05) is 13.0 Å². The quantitative estimate of drug-likeness (QED) is 0.858. The Bertz CT molecular complexity index is 812. The summed E-state index contributed by atoms with van der Waals surface area (Å²) >= 11 is 0. The first kappa shape index (κ1) is 15.0. The van der Waals surface area contributed by atoms with Crippen molar-refractivity contribution in [3.63, 3.8) is 0 Å². The van der Waals surface area contributed by atoms with Gasteiger partial charge in [-0.15, -0.1) is 0 Å². The lowest BCUT2D eigenvalue weighted by Gasteiger charge is -2.29. The third-order valence-electron chi connectivity index (χ3n) is 4.59. The number of hydrogen-bond acceptors (Lipinski definition) is 6. The number of hydrogen-bond donors (Lipinski definition) is 2. The average Bonchev–Trinajstić information content (AvgIpc) is 2.61. The van der Waals surface area contributed by atoms with Gasteiger partial charge in [-0.05, 0) is 12.1 Å². The summed E-state index contributed by atoms with van der Waals surface area (Å²) in [5.41, 5.74) is 5.38. The van der Waals surface area contributed by atoms with Crippen molar-refractivity contribution in [1.29, 1.82) is 0 Å². The van der Waals surface area contributed by atoms with E-state index in [1.165, 1.54) is 0 Å². The highest BCUT2D eigenvalue weighted by Gasteiger charge is 2.22. The van der Waals surface area contributed by atoms with Crippen LogP contribution in [0.2, 0.25) is 0 Å². The number of benzene rings is 1. The number of carbonyl (C=O) groups excluding carboxylic acids is 1. The molecule has 0 radical (unpaired) electrons. The summed E-state index contributed by atoms with van der Waals surface area (Å²) < 4.78 is 0. The molecule has 2 aliphatic rings. The molecule has 7 heteroatoms. The van der Waals surface area contributed by atoms with Crippen LogP contribution in [0.15, 0.2) is 29.6 Å². The van der Waals surface area contributed by atoms with Crippen molar-refractivity contribution in [2.45, 2.75) is 13.3 Å². The Kier molecular flexibility index (Phi) is 3.86. The van der Waals surface area contributed by atoms with Gasteiger partial charge < -0.3 is 10.2 Å². The fourth-order valence-electron chi connectivity index (χ4n) is 3.33. The molecule has 1 aromatic carbocycles. The van der Waals surface area contributed by atoms with Gasteiger partial charge in [-0.2, -0.15) is 5.10 Å². The minimum absolute atomic E-state index is 0.0321. The van der Waals surface area contributed by atoms with E-state index in [4.69, 9.17) is 0 Å². The lowest BCUT2D eigenvalue weighted by Crippen LogP contribution is -2.44. The van der Waals surface area contributed by atoms with Crippen molar-refractivity contribution < 1.29 is 4.79 Å². The zero-order valence-corrected chi connectivity index (χ0v) is 13.6. The fraction of sp³-hybridized carbons (Fsp3) is 0.412. The number of hydrazone groups is 1. The van der Waals surface area contributed by atoms with Gasteiger partial charge in [0.25, 0.3) is 0 Å². The number of anilines is 1. The summed E-state index contributed by atoms with van der Waals surface area (Å²) in [5.74, 6) is 1.06. The van der Waals surface area contributed by atoms with Gasteiger partial charge in [0.15, 0.2) is 0 Å². The van der Waals surface area contributed by atoms with E-state index in [1.54, 1.807) is 6.33 Å². The Hall–Kier alpha value is -2.54. The van der Waals surface area contributed by atoms with Crippen LogP contribution in [-0.4, -0.2) is 47.8 Å². The number of carbonyl (C=O) groups is 1. The van der Waals surface area contributed by atoms with E-state index in [1.807, 2.05) is 19.1 Å². The average molecular weight is 324 g/mol. The Balaban J connectivity index is 1.73. The largest absolute Gasteiger partial charge is 0.353 e. The number of nitrogens with one attached hydrogen (secondary N) is 2. The molecule has 1 aromatic heterocycles. The fourth-order valence-corrected chi connectivity index (χ4v) is 3.33. The molecule has 4 rings (SSSR count). The van der Waals surface area contributed by atoms with E-state index >= 15 is 0 Å². The van der Waals surface area contributed by atoms with Crippen LogP contribution in [0.5, 0.6) is 0 Å². The molecule has 2 aliphatic heterocycles. The van der Waals surface area contributed by atoms with Crippen LogP contribution < -0.4 is 15.6 Å². The molecule has 0 saturated carbocycles.